The van der Waals surface area contributed by atoms with E-state index in [1.54, 1.807) is 12.1 Å². The molecule has 7 nitrogen and oxygen atoms in total. The Balaban J connectivity index is 2.31. The van der Waals surface area contributed by atoms with E-state index in [4.69, 9.17) is 0 Å². The van der Waals surface area contributed by atoms with E-state index in [-0.39, 0.29) is 21.7 Å². The molecule has 2 rings (SSSR count). The maximum atomic E-state index is 11.8. The van der Waals surface area contributed by atoms with E-state index in [1.807, 2.05) is 14.1 Å². The van der Waals surface area contributed by atoms with Gasteiger partial charge in [-0.25, -0.2) is 8.42 Å². The van der Waals surface area contributed by atoms with Gasteiger partial charge in [0.1, 0.15) is 10.6 Å². The zero-order chi connectivity index (χ0) is 18.0. The first-order valence-electron chi connectivity index (χ1n) is 8.01. The predicted molar refractivity (Wildman–Crippen MR) is 94.2 cm³/mol. The van der Waals surface area contributed by atoms with Crippen molar-refractivity contribution in [3.8, 4) is 0 Å². The fourth-order valence-corrected chi connectivity index (χ4v) is 4.48. The molecule has 0 saturated heterocycles. The Morgan fingerprint density at radius 2 is 1.92 bits per heavy atom. The number of hydrogen-bond donors (Lipinski definition) is 1. The van der Waals surface area contributed by atoms with E-state index in [2.05, 4.69) is 10.2 Å². The van der Waals surface area contributed by atoms with Crippen LogP contribution in [0.4, 0.5) is 11.4 Å². The average Bonchev–Trinajstić information content (AvgIpc) is 2.91. The van der Waals surface area contributed by atoms with Crippen LogP contribution in [0, 0.1) is 15.5 Å². The largest absolute Gasteiger partial charge is 0.379 e. The zero-order valence-electron chi connectivity index (χ0n) is 14.4. The summed E-state index contributed by atoms with van der Waals surface area (Å²) in [5.41, 5.74) is -0.0238. The molecule has 8 heteroatoms. The summed E-state index contributed by atoms with van der Waals surface area (Å²) in [7, 11) is 0.379. The fraction of sp³-hybridized carbons (Fsp3) is 0.625. The molecule has 1 N–H and O–H groups in total. The molecule has 0 heterocycles. The summed E-state index contributed by atoms with van der Waals surface area (Å²) >= 11 is 0. The third-order valence-corrected chi connectivity index (χ3v) is 5.68. The smallest absolute Gasteiger partial charge is 0.310 e. The van der Waals surface area contributed by atoms with E-state index in [1.165, 1.54) is 6.07 Å². The normalized spacial score (nSPS) is 17.2. The third-order valence-electron chi connectivity index (χ3n) is 4.55. The van der Waals surface area contributed by atoms with Gasteiger partial charge in [-0.3, -0.25) is 10.1 Å². The second-order valence-corrected chi connectivity index (χ2v) is 8.96. The number of anilines is 1. The van der Waals surface area contributed by atoms with Crippen molar-refractivity contribution in [1.82, 2.24) is 4.90 Å². The van der Waals surface area contributed by atoms with Gasteiger partial charge in [-0.1, -0.05) is 18.9 Å². The van der Waals surface area contributed by atoms with Gasteiger partial charge in [0.05, 0.1) is 4.92 Å². The lowest BCUT2D eigenvalue weighted by molar-refractivity contribution is -0.386. The molecule has 0 bridgehead atoms. The summed E-state index contributed by atoms with van der Waals surface area (Å²) < 4.78 is 23.7. The van der Waals surface area contributed by atoms with Crippen molar-refractivity contribution in [3.05, 3.63) is 28.3 Å². The summed E-state index contributed by atoms with van der Waals surface area (Å²) in [5, 5.41) is 14.6. The Morgan fingerprint density at radius 1 is 1.29 bits per heavy atom. The molecule has 0 unspecified atom stereocenters. The van der Waals surface area contributed by atoms with Gasteiger partial charge in [-0.2, -0.15) is 0 Å². The number of sulfone groups is 1. The molecule has 0 atom stereocenters. The molecule has 1 aliphatic rings. The number of hydrogen-bond acceptors (Lipinski definition) is 6. The van der Waals surface area contributed by atoms with Gasteiger partial charge in [-0.15, -0.1) is 0 Å². The molecule has 0 spiro atoms. The maximum absolute atomic E-state index is 11.8. The van der Waals surface area contributed by atoms with Crippen LogP contribution in [-0.4, -0.2) is 51.7 Å². The van der Waals surface area contributed by atoms with Crippen molar-refractivity contribution in [2.75, 3.05) is 38.8 Å². The number of nitro groups is 1. The predicted octanol–water partition coefficient (Wildman–Crippen LogP) is 2.53. The summed E-state index contributed by atoms with van der Waals surface area (Å²) in [5.74, 6) is 0. The quantitative estimate of drug-likeness (QED) is 0.597. The number of rotatable bonds is 7. The van der Waals surface area contributed by atoms with E-state index >= 15 is 0 Å². The number of nitrogens with zero attached hydrogens (tertiary/aromatic N) is 2. The van der Waals surface area contributed by atoms with Crippen molar-refractivity contribution in [2.24, 2.45) is 5.41 Å². The van der Waals surface area contributed by atoms with Crippen molar-refractivity contribution < 1.29 is 13.3 Å². The van der Waals surface area contributed by atoms with Crippen LogP contribution in [0.15, 0.2) is 23.1 Å². The molecule has 1 aromatic rings. The Kier molecular flexibility index (Phi) is 5.49. The second kappa shape index (κ2) is 7.06. The highest BCUT2D eigenvalue weighted by Gasteiger charge is 2.35. The third kappa shape index (κ3) is 4.24. The van der Waals surface area contributed by atoms with E-state index in [0.717, 1.165) is 38.5 Å². The van der Waals surface area contributed by atoms with Crippen LogP contribution in [0.2, 0.25) is 0 Å². The van der Waals surface area contributed by atoms with Gasteiger partial charge in [0.2, 0.25) is 0 Å². The van der Waals surface area contributed by atoms with Crippen molar-refractivity contribution >= 4 is 21.2 Å². The van der Waals surface area contributed by atoms with Gasteiger partial charge in [-0.05, 0) is 39.1 Å². The lowest BCUT2D eigenvalue weighted by atomic mass is 9.85. The number of benzene rings is 1. The summed E-state index contributed by atoms with van der Waals surface area (Å²) in [6, 6.07) is 4.40. The number of nitrogens with one attached hydrogen (secondary N) is 1. The first-order valence-corrected chi connectivity index (χ1v) is 9.90. The maximum Gasteiger partial charge on any atom is 0.310 e. The van der Waals surface area contributed by atoms with E-state index in [0.29, 0.717) is 6.54 Å². The average molecular weight is 355 g/mol. The van der Waals surface area contributed by atoms with E-state index in [9.17, 15) is 18.5 Å². The Morgan fingerprint density at radius 3 is 2.42 bits per heavy atom. The number of nitro benzene ring substituents is 1. The number of para-hydroxylation sites is 1. The topological polar surface area (TPSA) is 92.6 Å². The minimum absolute atomic E-state index is 0.0679. The van der Waals surface area contributed by atoms with Crippen LogP contribution in [0.25, 0.3) is 0 Å². The van der Waals surface area contributed by atoms with Gasteiger partial charge in [0.15, 0.2) is 9.84 Å². The van der Waals surface area contributed by atoms with Crippen LogP contribution in [-0.2, 0) is 9.84 Å². The van der Waals surface area contributed by atoms with Crippen LogP contribution in [0.1, 0.15) is 25.7 Å². The van der Waals surface area contributed by atoms with Gasteiger partial charge >= 0.3 is 5.69 Å². The Labute approximate surface area is 143 Å². The molecular weight excluding hydrogens is 330 g/mol. The SMILES string of the molecule is CN(C)CC1(CNc2cccc(S(C)(=O)=O)c2[N+](=O)[O-])CCCC1. The molecule has 24 heavy (non-hydrogen) atoms. The highest BCUT2D eigenvalue weighted by atomic mass is 32.2. The zero-order valence-corrected chi connectivity index (χ0v) is 15.2. The lowest BCUT2D eigenvalue weighted by Gasteiger charge is -2.32. The van der Waals surface area contributed by atoms with Crippen molar-refractivity contribution in [2.45, 2.75) is 30.6 Å². The molecule has 1 aliphatic carbocycles. The molecule has 134 valence electrons. The highest BCUT2D eigenvalue weighted by molar-refractivity contribution is 7.90. The molecule has 0 amide bonds. The highest BCUT2D eigenvalue weighted by Crippen LogP contribution is 2.40. The summed E-state index contributed by atoms with van der Waals surface area (Å²) in [6.07, 6.45) is 5.43. The molecule has 1 fully saturated rings. The monoisotopic (exact) mass is 355 g/mol. The molecule has 0 aliphatic heterocycles. The Bertz CT molecular complexity index is 710. The molecule has 0 radical (unpaired) electrons. The summed E-state index contributed by atoms with van der Waals surface area (Å²) in [4.78, 5) is 12.7. The van der Waals surface area contributed by atoms with Crippen LogP contribution in [0.5, 0.6) is 0 Å². The minimum Gasteiger partial charge on any atom is -0.379 e. The van der Waals surface area contributed by atoms with Crippen LogP contribution in [0.3, 0.4) is 0 Å². The minimum atomic E-state index is -3.66. The molecule has 1 saturated carbocycles. The molecule has 1 aromatic carbocycles. The van der Waals surface area contributed by atoms with Gasteiger partial charge in [0.25, 0.3) is 0 Å². The van der Waals surface area contributed by atoms with Crippen LogP contribution >= 0.6 is 0 Å². The summed E-state index contributed by atoms with van der Waals surface area (Å²) in [6.45, 7) is 1.50. The first kappa shape index (κ1) is 18.7. The standard InChI is InChI=1S/C16H25N3O4S/c1-18(2)12-16(9-4-5-10-16)11-17-13-7-6-8-14(24(3,22)23)15(13)19(20)21/h6-8,17H,4-5,9-12H2,1-3H3. The fourth-order valence-electron chi connectivity index (χ4n) is 3.62. The lowest BCUT2D eigenvalue weighted by Crippen LogP contribution is -2.37. The van der Waals surface area contributed by atoms with Gasteiger partial charge in [0, 0.05) is 24.8 Å². The van der Waals surface area contributed by atoms with Crippen molar-refractivity contribution in [3.63, 3.8) is 0 Å². The molecular formula is C16H25N3O4S. The second-order valence-electron chi connectivity index (χ2n) is 6.98. The van der Waals surface area contributed by atoms with Crippen molar-refractivity contribution in [1.29, 1.82) is 0 Å². The Hall–Kier alpha value is -1.67. The van der Waals surface area contributed by atoms with E-state index < -0.39 is 14.8 Å². The first-order chi connectivity index (χ1) is 11.1. The molecule has 0 aromatic heterocycles. The van der Waals surface area contributed by atoms with Gasteiger partial charge < -0.3 is 10.2 Å². The van der Waals surface area contributed by atoms with Crippen LogP contribution < -0.4 is 5.32 Å².